The number of aromatic nitrogens is 2. The summed E-state index contributed by atoms with van der Waals surface area (Å²) in [4.78, 5) is 10.6. The van der Waals surface area contributed by atoms with Crippen LogP contribution in [-0.2, 0) is 17.9 Å². The molecule has 0 saturated heterocycles. The number of rotatable bonds is 4. The lowest BCUT2D eigenvalue weighted by molar-refractivity contribution is -0.685. The van der Waals surface area contributed by atoms with Gasteiger partial charge in [-0.15, -0.1) is 0 Å². The molecule has 2 rings (SSSR count). The Labute approximate surface area is 102 Å². The predicted molar refractivity (Wildman–Crippen MR) is 63.4 cm³/mol. The lowest BCUT2D eigenvalue weighted by Crippen LogP contribution is -2.35. The fourth-order valence-electron chi connectivity index (χ4n) is 2.61. The van der Waals surface area contributed by atoms with E-state index in [0.717, 1.165) is 18.4 Å². The van der Waals surface area contributed by atoms with Gasteiger partial charge >= 0.3 is 5.97 Å². The molecule has 1 N–H and O–H groups in total. The van der Waals surface area contributed by atoms with Crippen LogP contribution in [-0.4, -0.2) is 15.6 Å². The van der Waals surface area contributed by atoms with Crippen molar-refractivity contribution in [2.24, 2.45) is 11.8 Å². The van der Waals surface area contributed by atoms with Gasteiger partial charge in [-0.05, 0) is 24.7 Å². The van der Waals surface area contributed by atoms with Crippen molar-refractivity contribution in [3.05, 3.63) is 18.7 Å². The molecule has 1 aromatic heterocycles. The van der Waals surface area contributed by atoms with Gasteiger partial charge in [0.05, 0.1) is 6.54 Å². The Hall–Kier alpha value is -1.32. The zero-order chi connectivity index (χ0) is 12.3. The van der Waals surface area contributed by atoms with E-state index in [1.165, 1.54) is 25.7 Å². The van der Waals surface area contributed by atoms with Crippen LogP contribution in [0.5, 0.6) is 0 Å². The lowest BCUT2D eigenvalue weighted by atomic mass is 9.83. The summed E-state index contributed by atoms with van der Waals surface area (Å²) in [5.41, 5.74) is 0. The lowest BCUT2D eigenvalue weighted by Gasteiger charge is -2.24. The molecule has 0 aliphatic heterocycles. The van der Waals surface area contributed by atoms with Crippen molar-refractivity contribution in [2.45, 2.75) is 45.7 Å². The fraction of sp³-hybridized carbons (Fsp3) is 0.692. The van der Waals surface area contributed by atoms with Crippen LogP contribution in [0.2, 0.25) is 0 Å². The summed E-state index contributed by atoms with van der Waals surface area (Å²) in [6, 6.07) is 0. The molecule has 1 aromatic rings. The molecule has 1 fully saturated rings. The second-order valence-corrected chi connectivity index (χ2v) is 5.30. The average Bonchev–Trinajstić information content (AvgIpc) is 2.68. The molecular weight excluding hydrogens is 216 g/mol. The van der Waals surface area contributed by atoms with Crippen LogP contribution < -0.4 is 4.57 Å². The first-order valence-electron chi connectivity index (χ1n) is 6.40. The van der Waals surface area contributed by atoms with E-state index in [2.05, 4.69) is 11.5 Å². The summed E-state index contributed by atoms with van der Waals surface area (Å²) in [6.07, 6.45) is 11.0. The molecule has 94 valence electrons. The largest absolute Gasteiger partial charge is 0.478 e. The maximum Gasteiger partial charge on any atom is 0.346 e. The molecule has 1 heterocycles. The molecule has 4 nitrogen and oxygen atoms in total. The Morgan fingerprint density at radius 2 is 2.12 bits per heavy atom. The maximum atomic E-state index is 10.6. The van der Waals surface area contributed by atoms with Crippen LogP contribution >= 0.6 is 0 Å². The number of hydrogen-bond acceptors (Lipinski definition) is 1. The van der Waals surface area contributed by atoms with Crippen molar-refractivity contribution < 1.29 is 14.5 Å². The highest BCUT2D eigenvalue weighted by atomic mass is 16.4. The minimum atomic E-state index is -0.792. The van der Waals surface area contributed by atoms with Crippen LogP contribution in [0, 0.1) is 11.8 Å². The molecule has 0 unspecified atom stereocenters. The minimum absolute atomic E-state index is 0.0503. The van der Waals surface area contributed by atoms with Crippen LogP contribution in [0.1, 0.15) is 32.6 Å². The molecule has 4 heteroatoms. The van der Waals surface area contributed by atoms with Gasteiger partial charge in [0.1, 0.15) is 12.4 Å². The SMILES string of the molecule is CC1CCC(Cn2cc[n+](CC(=O)O)c2)CC1. The number of nitrogens with zero attached hydrogens (tertiary/aromatic N) is 2. The molecule has 1 aliphatic rings. The Kier molecular flexibility index (Phi) is 3.82. The first-order chi connectivity index (χ1) is 8.13. The highest BCUT2D eigenvalue weighted by molar-refractivity contribution is 5.64. The van der Waals surface area contributed by atoms with Gasteiger partial charge in [-0.25, -0.2) is 13.9 Å². The third kappa shape index (κ3) is 3.58. The van der Waals surface area contributed by atoms with Gasteiger partial charge in [0.25, 0.3) is 0 Å². The van der Waals surface area contributed by atoms with E-state index in [1.807, 2.05) is 18.7 Å². The van der Waals surface area contributed by atoms with Gasteiger partial charge < -0.3 is 5.11 Å². The standard InChI is InChI=1S/C13H20N2O2/c1-11-2-4-12(5-3-11)8-14-6-7-15(10-14)9-13(16)17/h6-7,10-12H,2-5,8-9H2,1H3/p+1. The van der Waals surface area contributed by atoms with Crippen molar-refractivity contribution in [3.63, 3.8) is 0 Å². The summed E-state index contributed by atoms with van der Waals surface area (Å²) >= 11 is 0. The Morgan fingerprint density at radius 3 is 2.76 bits per heavy atom. The number of hydrogen-bond donors (Lipinski definition) is 1. The second kappa shape index (κ2) is 5.34. The summed E-state index contributed by atoms with van der Waals surface area (Å²) < 4.78 is 3.83. The first kappa shape index (κ1) is 12.1. The Balaban J connectivity index is 1.86. The molecule has 17 heavy (non-hydrogen) atoms. The van der Waals surface area contributed by atoms with E-state index < -0.39 is 5.97 Å². The van der Waals surface area contributed by atoms with E-state index in [0.29, 0.717) is 0 Å². The van der Waals surface area contributed by atoms with Gasteiger partial charge in [-0.3, -0.25) is 0 Å². The number of aliphatic carboxylic acids is 1. The van der Waals surface area contributed by atoms with E-state index in [1.54, 1.807) is 4.57 Å². The van der Waals surface area contributed by atoms with Gasteiger partial charge in [0.15, 0.2) is 6.54 Å². The fourth-order valence-corrected chi connectivity index (χ4v) is 2.61. The highest BCUT2D eigenvalue weighted by Crippen LogP contribution is 2.29. The molecule has 0 atom stereocenters. The van der Waals surface area contributed by atoms with Crippen molar-refractivity contribution in [1.29, 1.82) is 0 Å². The monoisotopic (exact) mass is 237 g/mol. The topological polar surface area (TPSA) is 46.1 Å². The van der Waals surface area contributed by atoms with Gasteiger partial charge in [-0.2, -0.15) is 0 Å². The molecule has 0 bridgehead atoms. The maximum absolute atomic E-state index is 10.6. The number of imidazole rings is 1. The molecule has 0 amide bonds. The van der Waals surface area contributed by atoms with Crippen LogP contribution in [0.3, 0.4) is 0 Å². The van der Waals surface area contributed by atoms with E-state index in [4.69, 9.17) is 5.11 Å². The predicted octanol–water partition coefficient (Wildman–Crippen LogP) is 1.69. The van der Waals surface area contributed by atoms with Crippen molar-refractivity contribution >= 4 is 5.97 Å². The second-order valence-electron chi connectivity index (χ2n) is 5.30. The van der Waals surface area contributed by atoms with Crippen molar-refractivity contribution in [2.75, 3.05) is 0 Å². The highest BCUT2D eigenvalue weighted by Gasteiger charge is 2.20. The van der Waals surface area contributed by atoms with Crippen LogP contribution in [0.4, 0.5) is 0 Å². The van der Waals surface area contributed by atoms with Crippen molar-refractivity contribution in [1.82, 2.24) is 4.57 Å². The van der Waals surface area contributed by atoms with E-state index >= 15 is 0 Å². The first-order valence-corrected chi connectivity index (χ1v) is 6.40. The van der Waals surface area contributed by atoms with Gasteiger partial charge in [-0.1, -0.05) is 19.8 Å². The quantitative estimate of drug-likeness (QED) is 0.810. The molecule has 1 saturated carbocycles. The number of carboxylic acid groups (broad SMARTS) is 1. The van der Waals surface area contributed by atoms with E-state index in [-0.39, 0.29) is 6.54 Å². The van der Waals surface area contributed by atoms with Gasteiger partial charge in [0.2, 0.25) is 6.33 Å². The van der Waals surface area contributed by atoms with Crippen LogP contribution in [0.25, 0.3) is 0 Å². The average molecular weight is 237 g/mol. The molecular formula is C13H21N2O2+. The molecule has 0 radical (unpaired) electrons. The summed E-state index contributed by atoms with van der Waals surface area (Å²) in [6.45, 7) is 3.40. The number of carboxylic acids is 1. The normalized spacial score (nSPS) is 24.8. The molecule has 1 aliphatic carbocycles. The Morgan fingerprint density at radius 1 is 1.41 bits per heavy atom. The van der Waals surface area contributed by atoms with Gasteiger partial charge in [0, 0.05) is 0 Å². The van der Waals surface area contributed by atoms with Crippen molar-refractivity contribution in [3.8, 4) is 0 Å². The number of carbonyl (C=O) groups is 1. The zero-order valence-corrected chi connectivity index (χ0v) is 10.4. The van der Waals surface area contributed by atoms with E-state index in [9.17, 15) is 4.79 Å². The summed E-state index contributed by atoms with van der Waals surface area (Å²) in [5, 5.41) is 8.70. The third-order valence-electron chi connectivity index (χ3n) is 3.67. The molecule has 0 spiro atoms. The third-order valence-corrected chi connectivity index (χ3v) is 3.67. The zero-order valence-electron chi connectivity index (χ0n) is 10.4. The summed E-state index contributed by atoms with van der Waals surface area (Å²) in [7, 11) is 0. The van der Waals surface area contributed by atoms with Crippen LogP contribution in [0.15, 0.2) is 18.7 Å². The summed E-state index contributed by atoms with van der Waals surface area (Å²) in [5.74, 6) is 0.851. The molecule has 0 aromatic carbocycles. The smallest absolute Gasteiger partial charge is 0.346 e. The Bertz CT molecular complexity index is 379. The minimum Gasteiger partial charge on any atom is -0.478 e.